The molecule has 178 valence electrons. The van der Waals surface area contributed by atoms with Crippen molar-refractivity contribution in [3.8, 4) is 0 Å². The fourth-order valence-corrected chi connectivity index (χ4v) is 3.69. The molecule has 9 heteroatoms. The van der Waals surface area contributed by atoms with E-state index in [0.29, 0.717) is 23.5 Å². The summed E-state index contributed by atoms with van der Waals surface area (Å²) in [4.78, 5) is 29.9. The predicted molar refractivity (Wildman–Crippen MR) is 129 cm³/mol. The second-order valence-corrected chi connectivity index (χ2v) is 9.88. The molecule has 0 spiro atoms. The molecule has 0 radical (unpaired) electrons. The minimum absolute atomic E-state index is 0.157. The molecule has 2 amide bonds. The first kappa shape index (κ1) is 27.4. The average molecular weight is 466 g/mol. The number of carbonyl (C=O) groups excluding carboxylic acids is 2. The number of rotatable bonds is 12. The molecule has 32 heavy (non-hydrogen) atoms. The van der Waals surface area contributed by atoms with E-state index in [4.69, 9.17) is 0 Å². The first-order chi connectivity index (χ1) is 15.0. The molecule has 0 bridgehead atoms. The van der Waals surface area contributed by atoms with Crippen molar-refractivity contribution in [1.82, 2.24) is 15.6 Å². The molecule has 0 unspecified atom stereocenters. The maximum Gasteiger partial charge on any atom is 0.255 e. The van der Waals surface area contributed by atoms with Gasteiger partial charge in [-0.3, -0.25) is 9.59 Å². The van der Waals surface area contributed by atoms with Crippen molar-refractivity contribution < 1.29 is 22.9 Å². The van der Waals surface area contributed by atoms with Gasteiger partial charge in [-0.1, -0.05) is 18.2 Å². The van der Waals surface area contributed by atoms with Gasteiger partial charge in [-0.05, 0) is 52.5 Å². The highest BCUT2D eigenvalue weighted by Crippen LogP contribution is 2.20. The molecular weight excluding hydrogens is 428 g/mol. The number of hydrogen-bond acceptors (Lipinski definition) is 4. The van der Waals surface area contributed by atoms with Gasteiger partial charge < -0.3 is 20.5 Å². The molecule has 8 nitrogen and oxygen atoms in total. The zero-order valence-electron chi connectivity index (χ0n) is 20.0. The predicted octanol–water partition coefficient (Wildman–Crippen LogP) is 0.920. The number of sulfone groups is 1. The molecule has 0 fully saturated rings. The summed E-state index contributed by atoms with van der Waals surface area (Å²) in [6.45, 7) is 13.1. The Bertz CT molecular complexity index is 984. The lowest BCUT2D eigenvalue weighted by molar-refractivity contribution is -0.895. The normalized spacial score (nSPS) is 12.8. The van der Waals surface area contributed by atoms with Gasteiger partial charge in [0.25, 0.3) is 11.8 Å². The number of allylic oxidation sites excluding steroid dienone is 1. The van der Waals surface area contributed by atoms with Gasteiger partial charge in [0.05, 0.1) is 37.5 Å². The van der Waals surface area contributed by atoms with Crippen LogP contribution in [-0.2, 0) is 14.6 Å². The molecule has 1 aromatic rings. The van der Waals surface area contributed by atoms with Crippen LogP contribution in [0.1, 0.15) is 48.1 Å². The number of hydrogen-bond donors (Lipinski definition) is 4. The van der Waals surface area contributed by atoms with Gasteiger partial charge in [-0.2, -0.15) is 0 Å². The van der Waals surface area contributed by atoms with Gasteiger partial charge >= 0.3 is 0 Å². The number of aromatic nitrogens is 1. The molecule has 0 saturated carbocycles. The van der Waals surface area contributed by atoms with E-state index in [1.807, 2.05) is 13.8 Å². The first-order valence-electron chi connectivity index (χ1n) is 10.8. The quantitative estimate of drug-likeness (QED) is 0.272. The van der Waals surface area contributed by atoms with E-state index >= 15 is 0 Å². The fourth-order valence-electron chi connectivity index (χ4n) is 3.24. The third-order valence-electron chi connectivity index (χ3n) is 5.11. The lowest BCUT2D eigenvalue weighted by atomic mass is 10.1. The van der Waals surface area contributed by atoms with E-state index < -0.39 is 9.84 Å². The fraction of sp³-hybridized carbons (Fsp3) is 0.478. The molecule has 0 saturated heterocycles. The second-order valence-electron chi connectivity index (χ2n) is 7.69. The summed E-state index contributed by atoms with van der Waals surface area (Å²) < 4.78 is 22.8. The van der Waals surface area contributed by atoms with Crippen LogP contribution < -0.4 is 15.5 Å². The Balaban J connectivity index is 3.16. The largest absolute Gasteiger partial charge is 0.358 e. The Morgan fingerprint density at radius 2 is 1.81 bits per heavy atom. The van der Waals surface area contributed by atoms with Crippen LogP contribution in [0.25, 0.3) is 6.08 Å². The first-order valence-corrected chi connectivity index (χ1v) is 12.9. The molecule has 0 aliphatic heterocycles. The van der Waals surface area contributed by atoms with Crippen LogP contribution in [0.3, 0.4) is 0 Å². The molecule has 0 atom stereocenters. The zero-order chi connectivity index (χ0) is 24.3. The lowest BCUT2D eigenvalue weighted by Crippen LogP contribution is -3.12. The molecule has 0 aliphatic carbocycles. The number of carbonyl (C=O) groups is 2. The van der Waals surface area contributed by atoms with Crippen molar-refractivity contribution in [2.75, 3.05) is 38.2 Å². The number of nitrogens with one attached hydrogen (secondary N) is 4. The summed E-state index contributed by atoms with van der Waals surface area (Å²) in [5.41, 5.74) is 2.88. The van der Waals surface area contributed by atoms with Crippen molar-refractivity contribution in [2.24, 2.45) is 0 Å². The van der Waals surface area contributed by atoms with E-state index in [2.05, 4.69) is 29.5 Å². The summed E-state index contributed by atoms with van der Waals surface area (Å²) in [6.07, 6.45) is 8.85. The van der Waals surface area contributed by atoms with Crippen molar-refractivity contribution in [3.63, 3.8) is 0 Å². The second kappa shape index (κ2) is 13.0. The maximum atomic E-state index is 12.8. The van der Waals surface area contributed by atoms with E-state index in [1.165, 1.54) is 23.3 Å². The lowest BCUT2D eigenvalue weighted by Gasteiger charge is -2.15. The summed E-state index contributed by atoms with van der Waals surface area (Å²) in [5, 5.41) is 5.61. The molecule has 0 aliphatic rings. The zero-order valence-corrected chi connectivity index (χ0v) is 20.8. The number of aryl methyl sites for hydroxylation is 1. The van der Waals surface area contributed by atoms with Crippen LogP contribution in [0.15, 0.2) is 30.0 Å². The van der Waals surface area contributed by atoms with Crippen molar-refractivity contribution in [2.45, 2.75) is 34.6 Å². The van der Waals surface area contributed by atoms with Crippen LogP contribution in [0.2, 0.25) is 0 Å². The Morgan fingerprint density at radius 1 is 1.16 bits per heavy atom. The number of quaternary nitrogens is 1. The summed E-state index contributed by atoms with van der Waals surface area (Å²) in [6, 6.07) is 0. The molecule has 4 N–H and O–H groups in total. The van der Waals surface area contributed by atoms with E-state index in [0.717, 1.165) is 31.5 Å². The topological polar surface area (TPSA) is 113 Å². The van der Waals surface area contributed by atoms with Gasteiger partial charge in [0.2, 0.25) is 0 Å². The Kier molecular flexibility index (Phi) is 11.1. The average Bonchev–Trinajstić information content (AvgIpc) is 3.00. The van der Waals surface area contributed by atoms with Crippen LogP contribution in [0.5, 0.6) is 0 Å². The highest BCUT2D eigenvalue weighted by atomic mass is 32.2. The monoisotopic (exact) mass is 465 g/mol. The van der Waals surface area contributed by atoms with Crippen molar-refractivity contribution in [3.05, 3.63) is 52.5 Å². The van der Waals surface area contributed by atoms with E-state index in [9.17, 15) is 18.0 Å². The number of H-pyrrole nitrogens is 1. The Labute approximate surface area is 191 Å². The standard InChI is InChI=1S/C23H36N4O4S/c1-7-12-24-22(28)19(11-10-15-32(6,30)31)16-20-17(4)21(18(5)26-20)23(29)25-13-14-27(8-2)9-3/h7,10-12,16,26H,8-9,13-15H2,1-6H3,(H,24,28)(H,25,29)/p+1/b11-10+,12-7+,19-16-. The Morgan fingerprint density at radius 3 is 2.38 bits per heavy atom. The van der Waals surface area contributed by atoms with Crippen molar-refractivity contribution >= 4 is 27.7 Å². The Hall–Kier alpha value is -2.65. The van der Waals surface area contributed by atoms with Gasteiger partial charge in [-0.25, -0.2) is 8.42 Å². The van der Waals surface area contributed by atoms with Crippen LogP contribution >= 0.6 is 0 Å². The summed E-state index contributed by atoms with van der Waals surface area (Å²) in [7, 11) is -3.20. The number of likely N-dealkylation sites (N-methyl/N-ethyl adjacent to an activating group) is 1. The van der Waals surface area contributed by atoms with Gasteiger partial charge in [0, 0.05) is 23.2 Å². The smallest absolute Gasteiger partial charge is 0.255 e. The van der Waals surface area contributed by atoms with Gasteiger partial charge in [0.1, 0.15) is 0 Å². The minimum atomic E-state index is -3.20. The summed E-state index contributed by atoms with van der Waals surface area (Å²) >= 11 is 0. The SMILES string of the molecule is C/C=C/NC(=O)C(=C\c1[nH]c(C)c(C(=O)NCC[NH+](CC)CC)c1C)/C=C/CS(C)(=O)=O. The third-order valence-corrected chi connectivity index (χ3v) is 5.90. The van der Waals surface area contributed by atoms with Crippen molar-refractivity contribution in [1.29, 1.82) is 0 Å². The maximum absolute atomic E-state index is 12.8. The number of aromatic amines is 1. The highest BCUT2D eigenvalue weighted by Gasteiger charge is 2.18. The highest BCUT2D eigenvalue weighted by molar-refractivity contribution is 7.90. The number of amides is 2. The molecule has 1 rings (SSSR count). The van der Waals surface area contributed by atoms with Crippen LogP contribution in [-0.4, -0.2) is 63.4 Å². The summed E-state index contributed by atoms with van der Waals surface area (Å²) in [5.74, 6) is -0.714. The minimum Gasteiger partial charge on any atom is -0.358 e. The molecular formula is C23H37N4O4S+. The molecule has 1 heterocycles. The van der Waals surface area contributed by atoms with E-state index in [-0.39, 0.29) is 23.1 Å². The molecule has 1 aromatic heterocycles. The van der Waals surface area contributed by atoms with E-state index in [1.54, 1.807) is 19.1 Å². The van der Waals surface area contributed by atoms with Crippen LogP contribution in [0, 0.1) is 13.8 Å². The third kappa shape index (κ3) is 8.84. The van der Waals surface area contributed by atoms with Gasteiger partial charge in [0.15, 0.2) is 9.84 Å². The molecule has 0 aromatic carbocycles. The van der Waals surface area contributed by atoms with Crippen LogP contribution in [0.4, 0.5) is 0 Å². The van der Waals surface area contributed by atoms with Gasteiger partial charge in [-0.15, -0.1) is 0 Å².